The SMILES string of the molecule is S=c1nc(N=Cc2ccco2)cc(N=Cc2ccco2)[nH]1. The zero-order valence-corrected chi connectivity index (χ0v) is 11.6. The van der Waals surface area contributed by atoms with Crippen LogP contribution in [0.25, 0.3) is 0 Å². The van der Waals surface area contributed by atoms with Crippen LogP contribution in [0.15, 0.2) is 61.7 Å². The Bertz CT molecular complexity index is 752. The van der Waals surface area contributed by atoms with E-state index in [-0.39, 0.29) is 0 Å². The number of H-pyrrole nitrogens is 1. The molecule has 0 spiro atoms. The molecule has 0 radical (unpaired) electrons. The molecular weight excluding hydrogens is 288 g/mol. The topological polar surface area (TPSA) is 79.7 Å². The van der Waals surface area contributed by atoms with Crippen LogP contribution >= 0.6 is 12.2 Å². The summed E-state index contributed by atoms with van der Waals surface area (Å²) in [6, 6.07) is 8.84. The van der Waals surface area contributed by atoms with Crippen molar-refractivity contribution < 1.29 is 8.83 Å². The van der Waals surface area contributed by atoms with E-state index in [0.717, 1.165) is 0 Å². The second-order valence-corrected chi connectivity index (χ2v) is 4.36. The lowest BCUT2D eigenvalue weighted by atomic mass is 10.4. The van der Waals surface area contributed by atoms with Crippen LogP contribution < -0.4 is 0 Å². The average molecular weight is 298 g/mol. The molecule has 3 aromatic heterocycles. The smallest absolute Gasteiger partial charge is 0.200 e. The summed E-state index contributed by atoms with van der Waals surface area (Å²) in [7, 11) is 0. The number of hydrogen-bond acceptors (Lipinski definition) is 6. The van der Waals surface area contributed by atoms with Gasteiger partial charge in [0.25, 0.3) is 0 Å². The Morgan fingerprint density at radius 3 is 2.33 bits per heavy atom. The fraction of sp³-hybridized carbons (Fsp3) is 0. The van der Waals surface area contributed by atoms with E-state index in [2.05, 4.69) is 20.0 Å². The van der Waals surface area contributed by atoms with E-state index in [1.807, 2.05) is 0 Å². The van der Waals surface area contributed by atoms with Crippen molar-refractivity contribution >= 4 is 36.3 Å². The Morgan fingerprint density at radius 2 is 1.71 bits per heavy atom. The van der Waals surface area contributed by atoms with Crippen molar-refractivity contribution in [2.45, 2.75) is 0 Å². The Morgan fingerprint density at radius 1 is 1.05 bits per heavy atom. The van der Waals surface area contributed by atoms with Crippen LogP contribution in [0.1, 0.15) is 11.5 Å². The summed E-state index contributed by atoms with van der Waals surface area (Å²) >= 11 is 5.05. The minimum absolute atomic E-state index is 0.302. The van der Waals surface area contributed by atoms with Crippen LogP contribution in [-0.4, -0.2) is 22.4 Å². The molecule has 0 atom stereocenters. The van der Waals surface area contributed by atoms with Crippen LogP contribution in [0.3, 0.4) is 0 Å². The second kappa shape index (κ2) is 6.10. The van der Waals surface area contributed by atoms with Crippen molar-refractivity contribution in [3.63, 3.8) is 0 Å². The third-order valence-corrected chi connectivity index (χ3v) is 2.65. The molecule has 0 fully saturated rings. The van der Waals surface area contributed by atoms with Gasteiger partial charge in [-0.1, -0.05) is 0 Å². The first kappa shape index (κ1) is 13.2. The van der Waals surface area contributed by atoms with Crippen molar-refractivity contribution in [2.75, 3.05) is 0 Å². The molecule has 1 N–H and O–H groups in total. The van der Waals surface area contributed by atoms with Gasteiger partial charge in [-0.2, -0.15) is 0 Å². The normalized spacial score (nSPS) is 11.6. The standard InChI is InChI=1S/C14H10N4O2S/c21-14-17-12(15-8-10-3-1-5-19-10)7-13(18-14)16-9-11-4-2-6-20-11/h1-9H,(H,17,18,21). The van der Waals surface area contributed by atoms with Gasteiger partial charge in [0.05, 0.1) is 25.0 Å². The first-order valence-corrected chi connectivity index (χ1v) is 6.47. The summed E-state index contributed by atoms with van der Waals surface area (Å²) in [5, 5.41) is 0. The zero-order chi connectivity index (χ0) is 14.5. The van der Waals surface area contributed by atoms with Crippen molar-refractivity contribution in [1.82, 2.24) is 9.97 Å². The average Bonchev–Trinajstić information content (AvgIpc) is 3.16. The summed E-state index contributed by atoms with van der Waals surface area (Å²) in [5.74, 6) is 2.27. The van der Waals surface area contributed by atoms with Gasteiger partial charge in [0, 0.05) is 6.07 Å². The lowest BCUT2D eigenvalue weighted by molar-refractivity contribution is 0.560. The van der Waals surface area contributed by atoms with E-state index in [1.165, 1.54) is 0 Å². The summed E-state index contributed by atoms with van der Waals surface area (Å²) in [6.45, 7) is 0. The number of aromatic nitrogens is 2. The third kappa shape index (κ3) is 3.61. The number of hydrogen-bond donors (Lipinski definition) is 1. The van der Waals surface area contributed by atoms with Gasteiger partial charge in [0.15, 0.2) is 10.6 Å². The molecular formula is C14H10N4O2S. The Hall–Kier alpha value is -2.80. The summed E-state index contributed by atoms with van der Waals surface area (Å²) in [4.78, 5) is 15.4. The van der Waals surface area contributed by atoms with Crippen LogP contribution in [0.2, 0.25) is 0 Å². The van der Waals surface area contributed by atoms with E-state index in [4.69, 9.17) is 21.1 Å². The molecule has 6 nitrogen and oxygen atoms in total. The molecule has 0 aliphatic rings. The molecule has 0 saturated heterocycles. The van der Waals surface area contributed by atoms with Crippen molar-refractivity contribution in [3.05, 3.63) is 59.1 Å². The van der Waals surface area contributed by atoms with Gasteiger partial charge < -0.3 is 13.8 Å². The molecule has 104 valence electrons. The largest absolute Gasteiger partial charge is 0.463 e. The lowest BCUT2D eigenvalue weighted by Gasteiger charge is -1.96. The van der Waals surface area contributed by atoms with Gasteiger partial charge in [0.2, 0.25) is 0 Å². The van der Waals surface area contributed by atoms with E-state index in [0.29, 0.717) is 27.9 Å². The Kier molecular flexibility index (Phi) is 3.83. The molecule has 0 saturated carbocycles. The van der Waals surface area contributed by atoms with Crippen molar-refractivity contribution in [3.8, 4) is 0 Å². The Labute approximate surface area is 124 Å². The maximum absolute atomic E-state index is 5.17. The molecule has 0 bridgehead atoms. The van der Waals surface area contributed by atoms with E-state index >= 15 is 0 Å². The summed E-state index contributed by atoms with van der Waals surface area (Å²) < 4.78 is 10.6. The van der Waals surface area contributed by atoms with Crippen LogP contribution in [0, 0.1) is 4.77 Å². The fourth-order valence-electron chi connectivity index (χ4n) is 1.56. The summed E-state index contributed by atoms with van der Waals surface area (Å²) in [5.41, 5.74) is 0. The van der Waals surface area contributed by atoms with Crippen LogP contribution in [-0.2, 0) is 0 Å². The van der Waals surface area contributed by atoms with Gasteiger partial charge in [0.1, 0.15) is 17.3 Å². The number of furan rings is 2. The molecule has 3 aromatic rings. The maximum Gasteiger partial charge on any atom is 0.200 e. The molecule has 21 heavy (non-hydrogen) atoms. The number of aromatic amines is 1. The van der Waals surface area contributed by atoms with Crippen LogP contribution in [0.5, 0.6) is 0 Å². The third-order valence-electron chi connectivity index (χ3n) is 2.46. The van der Waals surface area contributed by atoms with Gasteiger partial charge in [-0.3, -0.25) is 0 Å². The van der Waals surface area contributed by atoms with Crippen LogP contribution in [0.4, 0.5) is 11.6 Å². The van der Waals surface area contributed by atoms with Crippen molar-refractivity contribution in [1.29, 1.82) is 0 Å². The highest BCUT2D eigenvalue weighted by atomic mass is 32.1. The molecule has 0 aromatic carbocycles. The quantitative estimate of drug-likeness (QED) is 0.586. The molecule has 0 unspecified atom stereocenters. The van der Waals surface area contributed by atoms with Gasteiger partial charge >= 0.3 is 0 Å². The highest BCUT2D eigenvalue weighted by molar-refractivity contribution is 7.71. The van der Waals surface area contributed by atoms with Crippen molar-refractivity contribution in [2.24, 2.45) is 9.98 Å². The van der Waals surface area contributed by atoms with E-state index in [1.54, 1.807) is 55.3 Å². The maximum atomic E-state index is 5.17. The molecule has 7 heteroatoms. The molecule has 0 amide bonds. The molecule has 0 aliphatic carbocycles. The number of nitrogens with one attached hydrogen (secondary N) is 1. The summed E-state index contributed by atoms with van der Waals surface area (Å²) in [6.07, 6.45) is 6.30. The van der Waals surface area contributed by atoms with Gasteiger partial charge in [-0.05, 0) is 36.5 Å². The predicted molar refractivity (Wildman–Crippen MR) is 81.3 cm³/mol. The van der Waals surface area contributed by atoms with Gasteiger partial charge in [-0.25, -0.2) is 15.0 Å². The monoisotopic (exact) mass is 298 g/mol. The zero-order valence-electron chi connectivity index (χ0n) is 10.8. The predicted octanol–water partition coefficient (Wildman–Crippen LogP) is 3.83. The number of aliphatic imine (C=N–C) groups is 2. The first-order chi connectivity index (χ1) is 10.3. The fourth-order valence-corrected chi connectivity index (χ4v) is 1.76. The minimum Gasteiger partial charge on any atom is -0.463 e. The molecule has 3 heterocycles. The molecule has 0 aliphatic heterocycles. The van der Waals surface area contributed by atoms with E-state index in [9.17, 15) is 0 Å². The van der Waals surface area contributed by atoms with E-state index < -0.39 is 0 Å². The molecule has 3 rings (SSSR count). The first-order valence-electron chi connectivity index (χ1n) is 6.06. The minimum atomic E-state index is 0.302. The lowest BCUT2D eigenvalue weighted by Crippen LogP contribution is -1.84. The Balaban J connectivity index is 1.84. The number of nitrogens with zero attached hydrogens (tertiary/aromatic N) is 3. The van der Waals surface area contributed by atoms with Gasteiger partial charge in [-0.15, -0.1) is 0 Å². The number of rotatable bonds is 4. The highest BCUT2D eigenvalue weighted by Crippen LogP contribution is 2.15. The highest BCUT2D eigenvalue weighted by Gasteiger charge is 1.97. The second-order valence-electron chi connectivity index (χ2n) is 3.98.